The molecule has 3 unspecified atom stereocenters. The van der Waals surface area contributed by atoms with Gasteiger partial charge in [-0.3, -0.25) is 4.57 Å². The number of hydrogen-bond donors (Lipinski definition) is 0. The molecule has 0 heterocycles. The van der Waals surface area contributed by atoms with Crippen molar-refractivity contribution >= 4 is 7.68 Å². The Morgan fingerprint density at radius 1 is 1.55 bits per heavy atom. The summed E-state index contributed by atoms with van der Waals surface area (Å²) in [5, 5.41) is 0. The fraction of sp³-hybridized carbons (Fsp3) is 1.00. The van der Waals surface area contributed by atoms with Crippen molar-refractivity contribution in [3.05, 3.63) is 0 Å². The van der Waals surface area contributed by atoms with Crippen LogP contribution in [0.25, 0.3) is 0 Å². The minimum Gasteiger partial charge on any atom is -0.302 e. The molecule has 0 aromatic heterocycles. The summed E-state index contributed by atoms with van der Waals surface area (Å²) in [4.78, 5) is 0. The Hall–Kier alpha value is 0.120. The lowest BCUT2D eigenvalue weighted by molar-refractivity contribution is 0.159. The van der Waals surface area contributed by atoms with Gasteiger partial charge in [0.05, 0.1) is 6.10 Å². The quantitative estimate of drug-likeness (QED) is 0.610. The fourth-order valence-electron chi connectivity index (χ4n) is 1.51. The normalized spacial score (nSPS) is 37.0. The predicted octanol–water partition coefficient (Wildman–Crippen LogP) is 2.98. The zero-order valence-corrected chi connectivity index (χ0v) is 7.81. The Labute approximate surface area is 66.7 Å². The molecule has 0 bridgehead atoms. The molecule has 1 saturated carbocycles. The lowest BCUT2D eigenvalue weighted by atomic mass is 10.1. The van der Waals surface area contributed by atoms with E-state index in [2.05, 4.69) is 0 Å². The summed E-state index contributed by atoms with van der Waals surface area (Å²) in [6.07, 6.45) is 2.86. The summed E-state index contributed by atoms with van der Waals surface area (Å²) in [5.41, 5.74) is 0. The van der Waals surface area contributed by atoms with E-state index < -0.39 is 7.68 Å². The zero-order valence-electron chi connectivity index (χ0n) is 6.92. The van der Waals surface area contributed by atoms with Gasteiger partial charge in [0.1, 0.15) is 0 Å². The number of rotatable bonds is 2. The maximum atomic E-state index is 12.5. The Balaban J connectivity index is 2.43. The van der Waals surface area contributed by atoms with E-state index in [1.54, 1.807) is 0 Å². The van der Waals surface area contributed by atoms with E-state index >= 15 is 0 Å². The van der Waals surface area contributed by atoms with Crippen LogP contribution in [0, 0.1) is 5.92 Å². The van der Waals surface area contributed by atoms with Crippen LogP contribution in [-0.4, -0.2) is 12.8 Å². The van der Waals surface area contributed by atoms with E-state index in [0.29, 0.717) is 5.92 Å². The highest BCUT2D eigenvalue weighted by molar-refractivity contribution is 7.52. The summed E-state index contributed by atoms with van der Waals surface area (Å²) >= 11 is 0. The van der Waals surface area contributed by atoms with Gasteiger partial charge < -0.3 is 4.52 Å². The standard InChI is InChI=1S/C7H14FO2P/c1-6-4-3-5-7(6)10-11(2,8)9/h6-7H,3-5H2,1-2H3. The molecule has 0 amide bonds. The first-order valence-corrected chi connectivity index (χ1v) is 5.91. The molecule has 1 fully saturated rings. The molecule has 0 spiro atoms. The third kappa shape index (κ3) is 2.92. The lowest BCUT2D eigenvalue weighted by Gasteiger charge is -2.16. The van der Waals surface area contributed by atoms with Crippen LogP contribution in [0.4, 0.5) is 4.20 Å². The van der Waals surface area contributed by atoms with Crippen LogP contribution in [0.2, 0.25) is 0 Å². The molecule has 0 saturated heterocycles. The highest BCUT2D eigenvalue weighted by Crippen LogP contribution is 2.48. The molecule has 0 aromatic carbocycles. The van der Waals surface area contributed by atoms with Gasteiger partial charge in [-0.15, -0.1) is 0 Å². The van der Waals surface area contributed by atoms with Gasteiger partial charge in [-0.1, -0.05) is 13.3 Å². The van der Waals surface area contributed by atoms with Crippen LogP contribution < -0.4 is 0 Å². The van der Waals surface area contributed by atoms with Gasteiger partial charge >= 0.3 is 7.68 Å². The topological polar surface area (TPSA) is 26.3 Å². The first kappa shape index (κ1) is 9.21. The molecule has 11 heavy (non-hydrogen) atoms. The van der Waals surface area contributed by atoms with E-state index in [0.717, 1.165) is 25.9 Å². The molecule has 0 radical (unpaired) electrons. The SMILES string of the molecule is CC1CCCC1OP(C)(=O)F. The van der Waals surface area contributed by atoms with E-state index in [9.17, 15) is 8.76 Å². The highest BCUT2D eigenvalue weighted by atomic mass is 31.2. The summed E-state index contributed by atoms with van der Waals surface area (Å²) in [6.45, 7) is 3.03. The molecular weight excluding hydrogens is 166 g/mol. The first-order valence-electron chi connectivity index (χ1n) is 3.94. The third-order valence-electron chi connectivity index (χ3n) is 2.11. The summed E-state index contributed by atoms with van der Waals surface area (Å²) in [7, 11) is -3.75. The maximum Gasteiger partial charge on any atom is 0.364 e. The smallest absolute Gasteiger partial charge is 0.302 e. The monoisotopic (exact) mass is 180 g/mol. The fourth-order valence-corrected chi connectivity index (χ4v) is 2.31. The Morgan fingerprint density at radius 3 is 2.55 bits per heavy atom. The van der Waals surface area contributed by atoms with Crippen molar-refractivity contribution in [1.29, 1.82) is 0 Å². The van der Waals surface area contributed by atoms with E-state index in [1.165, 1.54) is 0 Å². The van der Waals surface area contributed by atoms with Crippen LogP contribution in [-0.2, 0) is 9.09 Å². The summed E-state index contributed by atoms with van der Waals surface area (Å²) in [6, 6.07) is 0. The van der Waals surface area contributed by atoms with Crippen LogP contribution in [0.3, 0.4) is 0 Å². The van der Waals surface area contributed by atoms with Gasteiger partial charge in [0.15, 0.2) is 0 Å². The van der Waals surface area contributed by atoms with Gasteiger partial charge in [0.2, 0.25) is 0 Å². The van der Waals surface area contributed by atoms with Crippen LogP contribution in [0.1, 0.15) is 26.2 Å². The van der Waals surface area contributed by atoms with Crippen molar-refractivity contribution in [3.63, 3.8) is 0 Å². The Morgan fingerprint density at radius 2 is 2.18 bits per heavy atom. The van der Waals surface area contributed by atoms with E-state index in [4.69, 9.17) is 4.52 Å². The summed E-state index contributed by atoms with van der Waals surface area (Å²) < 4.78 is 28.0. The Bertz CT molecular complexity index is 177. The van der Waals surface area contributed by atoms with Crippen LogP contribution in [0.15, 0.2) is 0 Å². The minimum absolute atomic E-state index is 0.115. The minimum atomic E-state index is -3.75. The molecule has 0 aliphatic heterocycles. The second-order valence-corrected chi connectivity index (χ2v) is 5.00. The lowest BCUT2D eigenvalue weighted by Crippen LogP contribution is -2.12. The average molecular weight is 180 g/mol. The molecule has 66 valence electrons. The largest absolute Gasteiger partial charge is 0.364 e. The van der Waals surface area contributed by atoms with Gasteiger partial charge in [0, 0.05) is 6.66 Å². The summed E-state index contributed by atoms with van der Waals surface area (Å²) in [5.74, 6) is 0.360. The predicted molar refractivity (Wildman–Crippen MR) is 42.5 cm³/mol. The molecule has 3 atom stereocenters. The van der Waals surface area contributed by atoms with Crippen molar-refractivity contribution in [3.8, 4) is 0 Å². The average Bonchev–Trinajstić information content (AvgIpc) is 2.12. The van der Waals surface area contributed by atoms with E-state index in [-0.39, 0.29) is 6.10 Å². The van der Waals surface area contributed by atoms with Crippen molar-refractivity contribution in [2.24, 2.45) is 5.92 Å². The van der Waals surface area contributed by atoms with Gasteiger partial charge in [-0.25, -0.2) is 0 Å². The molecule has 0 aromatic rings. The van der Waals surface area contributed by atoms with Crippen molar-refractivity contribution in [2.75, 3.05) is 6.66 Å². The third-order valence-corrected chi connectivity index (χ3v) is 2.75. The Kier molecular flexibility index (Phi) is 2.71. The van der Waals surface area contributed by atoms with Crippen LogP contribution in [0.5, 0.6) is 0 Å². The second kappa shape index (κ2) is 3.24. The van der Waals surface area contributed by atoms with Gasteiger partial charge in [-0.05, 0) is 18.8 Å². The van der Waals surface area contributed by atoms with E-state index in [1.807, 2.05) is 6.92 Å². The highest BCUT2D eigenvalue weighted by Gasteiger charge is 2.29. The molecule has 0 N–H and O–H groups in total. The van der Waals surface area contributed by atoms with Crippen molar-refractivity contribution in [2.45, 2.75) is 32.3 Å². The van der Waals surface area contributed by atoms with Crippen molar-refractivity contribution in [1.82, 2.24) is 0 Å². The maximum absolute atomic E-state index is 12.5. The number of halogens is 1. The molecular formula is C7H14FO2P. The van der Waals surface area contributed by atoms with Gasteiger partial charge in [0.25, 0.3) is 0 Å². The molecule has 1 aliphatic rings. The van der Waals surface area contributed by atoms with Crippen LogP contribution >= 0.6 is 7.68 Å². The van der Waals surface area contributed by atoms with Gasteiger partial charge in [-0.2, -0.15) is 4.20 Å². The first-order chi connectivity index (χ1) is 4.99. The number of hydrogen-bond acceptors (Lipinski definition) is 2. The molecule has 2 nitrogen and oxygen atoms in total. The van der Waals surface area contributed by atoms with Crippen molar-refractivity contribution < 1.29 is 13.3 Å². The molecule has 4 heteroatoms. The zero-order chi connectivity index (χ0) is 8.48. The molecule has 1 rings (SSSR count). The molecule has 1 aliphatic carbocycles. The second-order valence-electron chi connectivity index (χ2n) is 3.30.